The number of hydrogen-bond acceptors (Lipinski definition) is 4. The summed E-state index contributed by atoms with van der Waals surface area (Å²) in [5.41, 5.74) is 0.597. The second-order valence-corrected chi connectivity index (χ2v) is 5.77. The molecule has 0 atom stereocenters. The molecule has 1 aromatic rings. The van der Waals surface area contributed by atoms with Gasteiger partial charge in [-0.05, 0) is 30.2 Å². The molecule has 0 unspecified atom stereocenters. The lowest BCUT2D eigenvalue weighted by Gasteiger charge is -2.16. The van der Waals surface area contributed by atoms with Crippen molar-refractivity contribution >= 4 is 17.6 Å². The van der Waals surface area contributed by atoms with E-state index in [1.54, 1.807) is 24.3 Å². The highest BCUT2D eigenvalue weighted by atomic mass is 16.5. The van der Waals surface area contributed by atoms with Gasteiger partial charge in [0.25, 0.3) is 17.9 Å². The van der Waals surface area contributed by atoms with Crippen molar-refractivity contribution in [3.8, 4) is 5.75 Å². The second kappa shape index (κ2) is 6.17. The van der Waals surface area contributed by atoms with E-state index in [-0.39, 0.29) is 5.78 Å². The lowest BCUT2D eigenvalue weighted by Crippen LogP contribution is -2.33. The Hall–Kier alpha value is -2.37. The van der Waals surface area contributed by atoms with Crippen molar-refractivity contribution in [1.82, 2.24) is 10.0 Å². The molecule has 0 spiro atoms. The van der Waals surface area contributed by atoms with Crippen LogP contribution in [0.1, 0.15) is 30.6 Å². The molecule has 6 heteroatoms. The van der Waals surface area contributed by atoms with E-state index >= 15 is 0 Å². The quantitative estimate of drug-likeness (QED) is 0.611. The van der Waals surface area contributed by atoms with Crippen molar-refractivity contribution in [1.29, 1.82) is 0 Å². The van der Waals surface area contributed by atoms with Gasteiger partial charge in [-0.2, -0.15) is 0 Å². The summed E-state index contributed by atoms with van der Waals surface area (Å²) in [6, 6.07) is 6.51. The zero-order valence-corrected chi connectivity index (χ0v) is 13.2. The summed E-state index contributed by atoms with van der Waals surface area (Å²) in [5, 5.41) is 2.43. The van der Waals surface area contributed by atoms with Crippen molar-refractivity contribution in [3.05, 3.63) is 29.8 Å². The number of hydrazine groups is 1. The molecule has 0 radical (unpaired) electrons. The number of hydrogen-bond donors (Lipinski definition) is 0. The summed E-state index contributed by atoms with van der Waals surface area (Å²) in [5.74, 6) is -0.0753. The van der Waals surface area contributed by atoms with Crippen LogP contribution in [0.15, 0.2) is 24.3 Å². The third-order valence-corrected chi connectivity index (χ3v) is 3.56. The molecule has 0 N–H and O–H groups in total. The number of ketones is 1. The topological polar surface area (TPSA) is 66.9 Å². The lowest BCUT2D eigenvalue weighted by atomic mass is 10.0. The van der Waals surface area contributed by atoms with E-state index in [4.69, 9.17) is 4.74 Å². The van der Waals surface area contributed by atoms with Crippen LogP contribution in [0.25, 0.3) is 0 Å². The Morgan fingerprint density at radius 3 is 2.05 bits per heavy atom. The largest absolute Gasteiger partial charge is 0.470 e. The first kappa shape index (κ1) is 16.0. The smallest absolute Gasteiger partial charge is 0.291 e. The molecule has 2 amide bonds. The molecular formula is C16H20N2O4. The third-order valence-electron chi connectivity index (χ3n) is 3.56. The molecular weight excluding hydrogens is 284 g/mol. The monoisotopic (exact) mass is 304 g/mol. The second-order valence-electron chi connectivity index (χ2n) is 5.77. The summed E-state index contributed by atoms with van der Waals surface area (Å²) in [6.45, 7) is 3.97. The molecule has 1 aliphatic rings. The van der Waals surface area contributed by atoms with Crippen LogP contribution in [-0.2, 0) is 9.59 Å². The molecule has 1 aromatic carbocycles. The highest BCUT2D eigenvalue weighted by Crippen LogP contribution is 2.20. The highest BCUT2D eigenvalue weighted by molar-refractivity contribution is 6.08. The molecule has 2 rings (SSSR count). The van der Waals surface area contributed by atoms with Gasteiger partial charge in [-0.25, -0.2) is 0 Å². The number of amides is 2. The van der Waals surface area contributed by atoms with Gasteiger partial charge in [0.15, 0.2) is 5.78 Å². The van der Waals surface area contributed by atoms with Gasteiger partial charge in [0.05, 0.1) is 0 Å². The lowest BCUT2D eigenvalue weighted by molar-refractivity contribution is -0.141. The number of nitrogens with zero attached hydrogens (tertiary/aromatic N) is 2. The van der Waals surface area contributed by atoms with E-state index in [0.29, 0.717) is 23.7 Å². The van der Waals surface area contributed by atoms with Crippen molar-refractivity contribution in [3.63, 3.8) is 0 Å². The van der Waals surface area contributed by atoms with Gasteiger partial charge in [-0.3, -0.25) is 24.4 Å². The van der Waals surface area contributed by atoms with E-state index in [2.05, 4.69) is 0 Å². The molecule has 22 heavy (non-hydrogen) atoms. The number of benzene rings is 1. The normalized spacial score (nSPS) is 15.9. The van der Waals surface area contributed by atoms with E-state index < -0.39 is 17.9 Å². The van der Waals surface area contributed by atoms with E-state index in [9.17, 15) is 14.4 Å². The highest BCUT2D eigenvalue weighted by Gasteiger charge is 2.43. The Bertz CT molecular complexity index is 575. The maximum absolute atomic E-state index is 11.9. The molecule has 1 aliphatic heterocycles. The van der Waals surface area contributed by atoms with E-state index in [0.717, 1.165) is 0 Å². The number of carbonyl (C=O) groups is 3. The SMILES string of the molecule is CC(C)CC(=O)c1ccc(OC2C(=O)N(C)N(C)C2=O)cc1. The fourth-order valence-corrected chi connectivity index (χ4v) is 2.19. The number of carbonyl (C=O) groups excluding carboxylic acids is 3. The minimum Gasteiger partial charge on any atom is -0.470 e. The molecule has 0 saturated carbocycles. The molecule has 118 valence electrons. The predicted octanol–water partition coefficient (Wildman–Crippen LogP) is 1.51. The average Bonchev–Trinajstić information content (AvgIpc) is 2.65. The van der Waals surface area contributed by atoms with Crippen LogP contribution in [0.5, 0.6) is 5.75 Å². The number of rotatable bonds is 5. The standard InChI is InChI=1S/C16H20N2O4/c1-10(2)9-13(19)11-5-7-12(8-6-11)22-14-15(20)17(3)18(4)16(14)21/h5-8,10,14H,9H2,1-4H3. The van der Waals surface area contributed by atoms with Gasteiger partial charge in [0.2, 0.25) is 0 Å². The van der Waals surface area contributed by atoms with Gasteiger partial charge >= 0.3 is 0 Å². The Morgan fingerprint density at radius 1 is 1.09 bits per heavy atom. The first-order chi connectivity index (χ1) is 10.3. The van der Waals surface area contributed by atoms with Crippen molar-refractivity contribution in [2.24, 2.45) is 5.92 Å². The fraction of sp³-hybridized carbons (Fsp3) is 0.438. The van der Waals surface area contributed by atoms with Crippen LogP contribution in [-0.4, -0.2) is 47.8 Å². The first-order valence-electron chi connectivity index (χ1n) is 7.16. The zero-order chi connectivity index (χ0) is 16.4. The van der Waals surface area contributed by atoms with Crippen LogP contribution < -0.4 is 4.74 Å². The minimum absolute atomic E-state index is 0.0639. The zero-order valence-electron chi connectivity index (χ0n) is 13.2. The Kier molecular flexibility index (Phi) is 4.49. The average molecular weight is 304 g/mol. The molecule has 0 aromatic heterocycles. The summed E-state index contributed by atoms with van der Waals surface area (Å²) in [6.07, 6.45) is -0.678. The molecule has 0 bridgehead atoms. The van der Waals surface area contributed by atoms with Crippen LogP contribution in [0.4, 0.5) is 0 Å². The van der Waals surface area contributed by atoms with E-state index in [1.165, 1.54) is 24.1 Å². The molecule has 1 heterocycles. The van der Waals surface area contributed by atoms with Crippen LogP contribution in [0.3, 0.4) is 0 Å². The summed E-state index contributed by atoms with van der Waals surface area (Å²) in [7, 11) is 3.02. The third kappa shape index (κ3) is 3.10. The fourth-order valence-electron chi connectivity index (χ4n) is 2.19. The molecule has 1 fully saturated rings. The van der Waals surface area contributed by atoms with Crippen molar-refractivity contribution in [2.75, 3.05) is 14.1 Å². The van der Waals surface area contributed by atoms with Gasteiger partial charge in [0, 0.05) is 26.1 Å². The van der Waals surface area contributed by atoms with Gasteiger partial charge in [-0.1, -0.05) is 13.8 Å². The maximum atomic E-state index is 11.9. The van der Waals surface area contributed by atoms with Crippen LogP contribution in [0, 0.1) is 5.92 Å². The van der Waals surface area contributed by atoms with Crippen LogP contribution in [0.2, 0.25) is 0 Å². The van der Waals surface area contributed by atoms with E-state index in [1.807, 2.05) is 13.8 Å². The van der Waals surface area contributed by atoms with Crippen LogP contribution >= 0.6 is 0 Å². The molecule has 0 aliphatic carbocycles. The summed E-state index contributed by atoms with van der Waals surface area (Å²) < 4.78 is 5.46. The summed E-state index contributed by atoms with van der Waals surface area (Å²) >= 11 is 0. The Labute approximate surface area is 129 Å². The molecule has 1 saturated heterocycles. The van der Waals surface area contributed by atoms with Gasteiger partial charge < -0.3 is 4.74 Å². The first-order valence-corrected chi connectivity index (χ1v) is 7.16. The predicted molar refractivity (Wildman–Crippen MR) is 80.2 cm³/mol. The Balaban J connectivity index is 2.07. The van der Waals surface area contributed by atoms with Crippen molar-refractivity contribution < 1.29 is 19.1 Å². The number of Topliss-reactive ketones (excluding diaryl/α,β-unsaturated/α-hetero) is 1. The Morgan fingerprint density at radius 2 is 1.59 bits per heavy atom. The minimum atomic E-state index is -1.16. The van der Waals surface area contributed by atoms with Crippen molar-refractivity contribution in [2.45, 2.75) is 26.4 Å². The van der Waals surface area contributed by atoms with Gasteiger partial charge in [0.1, 0.15) is 5.75 Å². The van der Waals surface area contributed by atoms with Gasteiger partial charge in [-0.15, -0.1) is 0 Å². The number of likely N-dealkylation sites (N-methyl/N-ethyl adjacent to an activating group) is 2. The maximum Gasteiger partial charge on any atom is 0.291 e. The molecule has 6 nitrogen and oxygen atoms in total. The number of ether oxygens (including phenoxy) is 1. The summed E-state index contributed by atoms with van der Waals surface area (Å²) in [4.78, 5) is 35.8.